The van der Waals surface area contributed by atoms with E-state index in [-0.39, 0.29) is 5.69 Å². The number of aromatic nitrogens is 2. The van der Waals surface area contributed by atoms with Gasteiger partial charge in [-0.3, -0.25) is 9.56 Å². The van der Waals surface area contributed by atoms with Crippen molar-refractivity contribution in [2.24, 2.45) is 4.99 Å². The van der Waals surface area contributed by atoms with Crippen LogP contribution in [0, 0.1) is 0 Å². The van der Waals surface area contributed by atoms with Crippen LogP contribution in [0.2, 0.25) is 0 Å². The summed E-state index contributed by atoms with van der Waals surface area (Å²) in [4.78, 5) is 20.2. The molecule has 0 saturated carbocycles. The third kappa shape index (κ3) is 1.96. The van der Waals surface area contributed by atoms with Crippen molar-refractivity contribution in [1.82, 2.24) is 9.55 Å². The smallest absolute Gasteiger partial charge is 0.331 e. The van der Waals surface area contributed by atoms with Crippen LogP contribution in [0.15, 0.2) is 70.5 Å². The maximum atomic E-state index is 12.6. The highest BCUT2D eigenvalue weighted by molar-refractivity contribution is 6.02. The van der Waals surface area contributed by atoms with E-state index in [0.29, 0.717) is 5.69 Å². The normalized spacial score (nSPS) is 12.2. The van der Waals surface area contributed by atoms with E-state index in [1.165, 1.54) is 0 Å². The van der Waals surface area contributed by atoms with Crippen LogP contribution in [0.25, 0.3) is 27.8 Å². The summed E-state index contributed by atoms with van der Waals surface area (Å²) < 4.78 is 1.70. The molecule has 25 heavy (non-hydrogen) atoms. The van der Waals surface area contributed by atoms with Gasteiger partial charge in [-0.2, -0.15) is 0 Å². The van der Waals surface area contributed by atoms with E-state index in [1.54, 1.807) is 4.57 Å². The van der Waals surface area contributed by atoms with Crippen molar-refractivity contribution >= 4 is 28.6 Å². The molecule has 5 nitrogen and oxygen atoms in total. The predicted octanol–water partition coefficient (Wildman–Crippen LogP) is 3.63. The second-order valence-corrected chi connectivity index (χ2v) is 6.06. The highest BCUT2D eigenvalue weighted by atomic mass is 16.1. The van der Waals surface area contributed by atoms with Crippen LogP contribution in [0.5, 0.6) is 0 Å². The monoisotopic (exact) mass is 326 g/mol. The molecule has 0 unspecified atom stereocenters. The largest absolute Gasteiger partial charge is 0.399 e. The van der Waals surface area contributed by atoms with Gasteiger partial charge >= 0.3 is 5.69 Å². The molecule has 4 aromatic rings. The minimum atomic E-state index is -0.163. The van der Waals surface area contributed by atoms with E-state index < -0.39 is 0 Å². The quantitative estimate of drug-likeness (QED) is 0.461. The average Bonchev–Trinajstić information content (AvgIpc) is 2.85. The lowest BCUT2D eigenvalue weighted by atomic mass is 10.0. The Balaban J connectivity index is 1.87. The van der Waals surface area contributed by atoms with Gasteiger partial charge in [0.2, 0.25) is 0 Å². The van der Waals surface area contributed by atoms with Crippen molar-refractivity contribution in [3.05, 3.63) is 76.7 Å². The number of anilines is 1. The van der Waals surface area contributed by atoms with Gasteiger partial charge in [0, 0.05) is 23.0 Å². The molecule has 3 aromatic carbocycles. The lowest BCUT2D eigenvalue weighted by molar-refractivity contribution is 1.02. The fourth-order valence-electron chi connectivity index (χ4n) is 3.40. The highest BCUT2D eigenvalue weighted by Gasteiger charge is 2.19. The Morgan fingerprint density at radius 2 is 1.76 bits per heavy atom. The Morgan fingerprint density at radius 1 is 0.960 bits per heavy atom. The molecule has 0 bridgehead atoms. The molecule has 1 aliphatic rings. The molecule has 0 amide bonds. The number of H-pyrrole nitrogens is 1. The number of nitrogens with two attached hydrogens (primary N) is 1. The zero-order valence-corrected chi connectivity index (χ0v) is 13.2. The Hall–Kier alpha value is -3.60. The zero-order chi connectivity index (χ0) is 17.0. The minimum Gasteiger partial charge on any atom is -0.399 e. The number of fused-ring (bicyclic) bond motifs is 2. The first-order valence-corrected chi connectivity index (χ1v) is 7.99. The summed E-state index contributed by atoms with van der Waals surface area (Å²) in [6.45, 7) is 0. The summed E-state index contributed by atoms with van der Waals surface area (Å²) in [5.41, 5.74) is 12.4. The summed E-state index contributed by atoms with van der Waals surface area (Å²) >= 11 is 0. The number of nitrogens with zero attached hydrogens (tertiary/aromatic N) is 2. The van der Waals surface area contributed by atoms with Crippen LogP contribution >= 0.6 is 0 Å². The van der Waals surface area contributed by atoms with Gasteiger partial charge in [0.1, 0.15) is 0 Å². The molecule has 1 aliphatic heterocycles. The summed E-state index contributed by atoms with van der Waals surface area (Å²) in [6, 6.07) is 19.3. The second-order valence-electron chi connectivity index (χ2n) is 6.06. The van der Waals surface area contributed by atoms with Gasteiger partial charge in [0.15, 0.2) is 0 Å². The number of aliphatic imine (C=N–C) groups is 1. The van der Waals surface area contributed by atoms with E-state index >= 15 is 0 Å². The van der Waals surface area contributed by atoms with Crippen molar-refractivity contribution in [3.8, 4) is 16.8 Å². The third-order valence-corrected chi connectivity index (χ3v) is 4.55. The van der Waals surface area contributed by atoms with E-state index in [4.69, 9.17) is 10.7 Å². The summed E-state index contributed by atoms with van der Waals surface area (Å²) in [6.07, 6.45) is 1.82. The van der Waals surface area contributed by atoms with E-state index in [1.807, 2.05) is 66.9 Å². The van der Waals surface area contributed by atoms with Gasteiger partial charge in [-0.25, -0.2) is 4.79 Å². The van der Waals surface area contributed by atoms with Crippen LogP contribution < -0.4 is 11.4 Å². The number of rotatable bonds is 1. The number of hydrogen-bond donors (Lipinski definition) is 2. The van der Waals surface area contributed by atoms with E-state index in [2.05, 4.69) is 4.98 Å². The number of aromatic amines is 1. The molecule has 0 atom stereocenters. The Morgan fingerprint density at radius 3 is 2.60 bits per heavy atom. The van der Waals surface area contributed by atoms with Crippen LogP contribution in [0.3, 0.4) is 0 Å². The lowest BCUT2D eigenvalue weighted by Crippen LogP contribution is -2.14. The van der Waals surface area contributed by atoms with Crippen molar-refractivity contribution < 1.29 is 0 Å². The molecule has 0 spiro atoms. The molecule has 0 saturated heterocycles. The predicted molar refractivity (Wildman–Crippen MR) is 101 cm³/mol. The highest BCUT2D eigenvalue weighted by Crippen LogP contribution is 2.38. The first kappa shape index (κ1) is 13.8. The summed E-state index contributed by atoms with van der Waals surface area (Å²) in [5, 5.41) is 0. The van der Waals surface area contributed by atoms with Gasteiger partial charge in [-0.1, -0.05) is 36.4 Å². The van der Waals surface area contributed by atoms with Crippen molar-refractivity contribution in [2.75, 3.05) is 5.73 Å². The maximum Gasteiger partial charge on any atom is 0.331 e. The Kier molecular flexibility index (Phi) is 2.73. The van der Waals surface area contributed by atoms with Gasteiger partial charge in [0.05, 0.1) is 22.4 Å². The molecule has 0 radical (unpaired) electrons. The Bertz CT molecular complexity index is 1210. The number of para-hydroxylation sites is 2. The molecule has 120 valence electrons. The van der Waals surface area contributed by atoms with Crippen molar-refractivity contribution in [1.29, 1.82) is 0 Å². The molecule has 0 fully saturated rings. The molecule has 0 aliphatic carbocycles. The van der Waals surface area contributed by atoms with Crippen LogP contribution in [-0.4, -0.2) is 15.8 Å². The first-order chi connectivity index (χ1) is 12.2. The fraction of sp³-hybridized carbons (Fsp3) is 0. The topological polar surface area (TPSA) is 76.2 Å². The number of nitrogen functional groups attached to an aromatic ring is 1. The molecule has 5 heteroatoms. The lowest BCUT2D eigenvalue weighted by Gasteiger charge is -2.11. The van der Waals surface area contributed by atoms with Gasteiger partial charge in [0.25, 0.3) is 0 Å². The van der Waals surface area contributed by atoms with Gasteiger partial charge in [-0.15, -0.1) is 0 Å². The third-order valence-electron chi connectivity index (χ3n) is 4.55. The Labute approximate surface area is 143 Å². The van der Waals surface area contributed by atoms with Crippen LogP contribution in [-0.2, 0) is 0 Å². The summed E-state index contributed by atoms with van der Waals surface area (Å²) in [7, 11) is 0. The van der Waals surface area contributed by atoms with E-state index in [0.717, 1.165) is 39.1 Å². The molecular weight excluding hydrogens is 312 g/mol. The summed E-state index contributed by atoms with van der Waals surface area (Å²) in [5.74, 6) is 0. The van der Waals surface area contributed by atoms with Crippen LogP contribution in [0.1, 0.15) is 5.56 Å². The maximum absolute atomic E-state index is 12.6. The number of nitrogens with one attached hydrogen (secondary N) is 1. The first-order valence-electron chi connectivity index (χ1n) is 7.99. The number of hydrogen-bond acceptors (Lipinski definition) is 3. The molecule has 3 N–H and O–H groups in total. The number of benzene rings is 3. The van der Waals surface area contributed by atoms with Gasteiger partial charge in [-0.05, 0) is 29.8 Å². The zero-order valence-electron chi connectivity index (χ0n) is 13.2. The molecular formula is C20H14N4O. The SMILES string of the molecule is Nc1ccc(-c2cccc3c2N=Cc2cccc4[nH]c(=O)n-3c24)cc1. The van der Waals surface area contributed by atoms with E-state index in [9.17, 15) is 4.79 Å². The standard InChI is InChI=1S/C20H14N4O/c21-14-9-7-12(8-10-14)15-4-2-6-17-18(15)22-11-13-3-1-5-16-19(13)24(17)20(25)23-16/h1-11H,21H2,(H,23,25). The average molecular weight is 326 g/mol. The molecule has 2 heterocycles. The minimum absolute atomic E-state index is 0.163. The second kappa shape index (κ2) is 4.95. The van der Waals surface area contributed by atoms with Crippen molar-refractivity contribution in [3.63, 3.8) is 0 Å². The number of imidazole rings is 1. The van der Waals surface area contributed by atoms with Gasteiger partial charge < -0.3 is 10.7 Å². The molecule has 1 aromatic heterocycles. The van der Waals surface area contributed by atoms with Crippen molar-refractivity contribution in [2.45, 2.75) is 0 Å². The molecule has 5 rings (SSSR count). The fourth-order valence-corrected chi connectivity index (χ4v) is 3.40. The van der Waals surface area contributed by atoms with Crippen LogP contribution in [0.4, 0.5) is 11.4 Å².